The van der Waals surface area contributed by atoms with Gasteiger partial charge in [-0.2, -0.15) is 0 Å². The van der Waals surface area contributed by atoms with Crippen LogP contribution in [0.15, 0.2) is 66.3 Å². The number of nitrogens with zero attached hydrogens (tertiary/aromatic N) is 2. The molecule has 0 radical (unpaired) electrons. The molecule has 0 saturated carbocycles. The fourth-order valence-electron chi connectivity index (χ4n) is 2.66. The lowest BCUT2D eigenvalue weighted by Gasteiger charge is -2.22. The Labute approximate surface area is 147 Å². The summed E-state index contributed by atoms with van der Waals surface area (Å²) in [5, 5.41) is 2.13. The maximum atomic E-state index is 5.53. The van der Waals surface area contributed by atoms with E-state index in [-0.39, 0.29) is 0 Å². The van der Waals surface area contributed by atoms with Crippen LogP contribution in [0.4, 0.5) is 0 Å². The van der Waals surface area contributed by atoms with Gasteiger partial charge in [0.25, 0.3) is 0 Å². The molecule has 3 aromatic rings. The van der Waals surface area contributed by atoms with Crippen molar-refractivity contribution in [3.63, 3.8) is 0 Å². The average molecular weight is 338 g/mol. The van der Waals surface area contributed by atoms with Crippen molar-refractivity contribution in [1.29, 1.82) is 0 Å². The maximum Gasteiger partial charge on any atom is 0.119 e. The minimum atomic E-state index is 0.699. The van der Waals surface area contributed by atoms with Crippen LogP contribution in [-0.4, -0.2) is 16.5 Å². The van der Waals surface area contributed by atoms with E-state index in [2.05, 4.69) is 45.6 Å². The van der Waals surface area contributed by atoms with Gasteiger partial charge in [-0.1, -0.05) is 24.3 Å². The summed E-state index contributed by atoms with van der Waals surface area (Å²) in [6, 6.07) is 16.8. The largest absolute Gasteiger partial charge is 0.494 e. The highest BCUT2D eigenvalue weighted by atomic mass is 32.1. The summed E-state index contributed by atoms with van der Waals surface area (Å²) in [7, 11) is 0. The molecule has 0 N–H and O–H groups in total. The number of thiophene rings is 1. The number of ether oxygens (including phenoxy) is 1. The molecule has 0 amide bonds. The molecular weight excluding hydrogens is 316 g/mol. The lowest BCUT2D eigenvalue weighted by atomic mass is 10.2. The van der Waals surface area contributed by atoms with E-state index in [4.69, 9.17) is 4.74 Å². The monoisotopic (exact) mass is 338 g/mol. The molecule has 0 bridgehead atoms. The zero-order chi connectivity index (χ0) is 16.6. The zero-order valence-electron chi connectivity index (χ0n) is 13.9. The normalized spacial score (nSPS) is 10.9. The molecule has 1 aromatic carbocycles. The van der Waals surface area contributed by atoms with Crippen LogP contribution in [-0.2, 0) is 19.6 Å². The predicted molar refractivity (Wildman–Crippen MR) is 99.1 cm³/mol. The van der Waals surface area contributed by atoms with Gasteiger partial charge in [-0.15, -0.1) is 11.3 Å². The third-order valence-electron chi connectivity index (χ3n) is 3.73. The first-order chi connectivity index (χ1) is 11.8. The highest BCUT2D eigenvalue weighted by Gasteiger charge is 2.09. The van der Waals surface area contributed by atoms with Gasteiger partial charge in [-0.05, 0) is 47.7 Å². The molecule has 0 spiro atoms. The fourth-order valence-corrected chi connectivity index (χ4v) is 3.40. The molecule has 0 unspecified atom stereocenters. The molecule has 0 aliphatic heterocycles. The van der Waals surface area contributed by atoms with Crippen LogP contribution in [0.1, 0.15) is 22.9 Å². The summed E-state index contributed by atoms with van der Waals surface area (Å²) in [6.07, 6.45) is 3.76. The highest BCUT2D eigenvalue weighted by Crippen LogP contribution is 2.18. The van der Waals surface area contributed by atoms with Crippen molar-refractivity contribution in [1.82, 2.24) is 9.88 Å². The van der Waals surface area contributed by atoms with E-state index < -0.39 is 0 Å². The quantitative estimate of drug-likeness (QED) is 0.593. The Kier molecular flexibility index (Phi) is 5.99. The van der Waals surface area contributed by atoms with Crippen LogP contribution in [0.25, 0.3) is 0 Å². The topological polar surface area (TPSA) is 25.4 Å². The van der Waals surface area contributed by atoms with E-state index in [1.807, 2.05) is 37.5 Å². The van der Waals surface area contributed by atoms with Gasteiger partial charge in [0.2, 0.25) is 0 Å². The van der Waals surface area contributed by atoms with Gasteiger partial charge in [0.15, 0.2) is 0 Å². The van der Waals surface area contributed by atoms with Crippen LogP contribution in [0.3, 0.4) is 0 Å². The van der Waals surface area contributed by atoms with E-state index in [0.717, 1.165) is 25.4 Å². The Hall–Kier alpha value is -2.17. The minimum absolute atomic E-state index is 0.699. The maximum absolute atomic E-state index is 5.53. The van der Waals surface area contributed by atoms with E-state index >= 15 is 0 Å². The number of pyridine rings is 1. The molecule has 2 heterocycles. The summed E-state index contributed by atoms with van der Waals surface area (Å²) < 4.78 is 5.53. The van der Waals surface area contributed by atoms with Crippen molar-refractivity contribution in [2.75, 3.05) is 6.61 Å². The second-order valence-corrected chi connectivity index (χ2v) is 6.70. The molecule has 0 aliphatic rings. The standard InChI is InChI=1S/C20H22N2OS/c1-2-23-19-9-7-17(8-10-19)14-22(16-20-6-4-12-24-20)15-18-5-3-11-21-13-18/h3-13H,2,14-16H2,1H3. The van der Waals surface area contributed by atoms with Crippen molar-refractivity contribution in [3.05, 3.63) is 82.3 Å². The second-order valence-electron chi connectivity index (χ2n) is 5.66. The second kappa shape index (κ2) is 8.62. The molecule has 0 atom stereocenters. The average Bonchev–Trinajstić information content (AvgIpc) is 3.11. The molecule has 0 saturated heterocycles. The summed E-state index contributed by atoms with van der Waals surface area (Å²) in [5.74, 6) is 0.929. The Balaban J connectivity index is 1.71. The van der Waals surface area contributed by atoms with Crippen molar-refractivity contribution < 1.29 is 4.74 Å². The van der Waals surface area contributed by atoms with Gasteiger partial charge in [0.1, 0.15) is 5.75 Å². The molecule has 4 heteroatoms. The first-order valence-electron chi connectivity index (χ1n) is 8.19. The summed E-state index contributed by atoms with van der Waals surface area (Å²) in [5.41, 5.74) is 2.53. The fraction of sp³-hybridized carbons (Fsp3) is 0.250. The van der Waals surface area contributed by atoms with Crippen molar-refractivity contribution in [3.8, 4) is 5.75 Å². The first kappa shape index (κ1) is 16.7. The third-order valence-corrected chi connectivity index (χ3v) is 4.59. The minimum Gasteiger partial charge on any atom is -0.494 e. The van der Waals surface area contributed by atoms with E-state index in [9.17, 15) is 0 Å². The van der Waals surface area contributed by atoms with Crippen LogP contribution >= 0.6 is 11.3 Å². The van der Waals surface area contributed by atoms with Gasteiger partial charge in [-0.3, -0.25) is 9.88 Å². The summed E-state index contributed by atoms with van der Waals surface area (Å²) in [6.45, 7) is 5.44. The predicted octanol–water partition coefficient (Wildman–Crippen LogP) is 4.74. The van der Waals surface area contributed by atoms with Crippen LogP contribution < -0.4 is 4.74 Å². The highest BCUT2D eigenvalue weighted by molar-refractivity contribution is 7.09. The Bertz CT molecular complexity index is 711. The Morgan fingerprint density at radius 1 is 0.958 bits per heavy atom. The summed E-state index contributed by atoms with van der Waals surface area (Å²) in [4.78, 5) is 8.06. The molecule has 3 rings (SSSR count). The van der Waals surface area contributed by atoms with Gasteiger partial charge in [-0.25, -0.2) is 0 Å². The molecular formula is C20H22N2OS. The summed E-state index contributed by atoms with van der Waals surface area (Å²) >= 11 is 1.80. The number of hydrogen-bond donors (Lipinski definition) is 0. The lowest BCUT2D eigenvalue weighted by molar-refractivity contribution is 0.249. The van der Waals surface area contributed by atoms with Crippen molar-refractivity contribution >= 4 is 11.3 Å². The van der Waals surface area contributed by atoms with E-state index in [1.54, 1.807) is 11.3 Å². The van der Waals surface area contributed by atoms with Gasteiger partial charge < -0.3 is 4.74 Å². The number of benzene rings is 1. The molecule has 2 aromatic heterocycles. The van der Waals surface area contributed by atoms with Gasteiger partial charge >= 0.3 is 0 Å². The van der Waals surface area contributed by atoms with Gasteiger partial charge in [0.05, 0.1) is 6.61 Å². The third kappa shape index (κ3) is 4.91. The van der Waals surface area contributed by atoms with Crippen molar-refractivity contribution in [2.45, 2.75) is 26.6 Å². The van der Waals surface area contributed by atoms with Gasteiger partial charge in [0, 0.05) is 36.9 Å². The lowest BCUT2D eigenvalue weighted by Crippen LogP contribution is -2.22. The Morgan fingerprint density at radius 2 is 1.79 bits per heavy atom. The molecule has 3 nitrogen and oxygen atoms in total. The molecule has 124 valence electrons. The van der Waals surface area contributed by atoms with Crippen LogP contribution in [0.5, 0.6) is 5.75 Å². The van der Waals surface area contributed by atoms with Crippen molar-refractivity contribution in [2.24, 2.45) is 0 Å². The molecule has 0 fully saturated rings. The number of rotatable bonds is 8. The Morgan fingerprint density at radius 3 is 2.46 bits per heavy atom. The smallest absolute Gasteiger partial charge is 0.119 e. The number of hydrogen-bond acceptors (Lipinski definition) is 4. The SMILES string of the molecule is CCOc1ccc(CN(Cc2cccnc2)Cc2cccs2)cc1. The number of aromatic nitrogens is 1. The van der Waals surface area contributed by atoms with E-state index in [1.165, 1.54) is 16.0 Å². The molecule has 24 heavy (non-hydrogen) atoms. The van der Waals surface area contributed by atoms with Crippen LogP contribution in [0.2, 0.25) is 0 Å². The van der Waals surface area contributed by atoms with Crippen LogP contribution in [0, 0.1) is 0 Å². The molecule has 0 aliphatic carbocycles. The first-order valence-corrected chi connectivity index (χ1v) is 9.07. The van der Waals surface area contributed by atoms with E-state index in [0.29, 0.717) is 6.61 Å². The zero-order valence-corrected chi connectivity index (χ0v) is 14.7.